The van der Waals surface area contributed by atoms with Gasteiger partial charge in [0.25, 0.3) is 0 Å². The minimum absolute atomic E-state index is 0. The van der Waals surface area contributed by atoms with Crippen molar-refractivity contribution in [2.24, 2.45) is 0 Å². The van der Waals surface area contributed by atoms with Crippen LogP contribution in [0.1, 0.15) is 12.8 Å². The fourth-order valence-electron chi connectivity index (χ4n) is 3.49. The van der Waals surface area contributed by atoms with Crippen LogP contribution in [0.15, 0.2) is 30.3 Å². The summed E-state index contributed by atoms with van der Waals surface area (Å²) in [6.45, 7) is 12.8. The maximum atomic E-state index is 2.81. The molecule has 0 radical (unpaired) electrons. The van der Waals surface area contributed by atoms with Crippen molar-refractivity contribution in [3.63, 3.8) is 0 Å². The van der Waals surface area contributed by atoms with Crippen molar-refractivity contribution < 1.29 is 18.9 Å². The number of nitrogens with zero attached hydrogens (tertiary/aromatic N) is 1. The van der Waals surface area contributed by atoms with Crippen LogP contribution < -0.4 is 24.0 Å². The van der Waals surface area contributed by atoms with Crippen LogP contribution in [-0.4, -0.2) is 40.3 Å². The fourth-order valence-corrected chi connectivity index (χ4v) is 14.9. The van der Waals surface area contributed by atoms with Crippen molar-refractivity contribution in [1.29, 1.82) is 0 Å². The summed E-state index contributed by atoms with van der Waals surface area (Å²) < 4.78 is 0. The molecule has 0 atom stereocenters. The third-order valence-corrected chi connectivity index (χ3v) is 13.2. The van der Waals surface area contributed by atoms with Crippen LogP contribution in [0.25, 0.3) is 0 Å². The van der Waals surface area contributed by atoms with Crippen LogP contribution in [0.5, 0.6) is 0 Å². The van der Waals surface area contributed by atoms with Gasteiger partial charge in [-0.05, 0) is 32.1 Å². The molecule has 1 heterocycles. The van der Waals surface area contributed by atoms with E-state index >= 15 is 0 Å². The Hall–Kier alpha value is 0.211. The van der Waals surface area contributed by atoms with E-state index in [1.54, 1.807) is 5.19 Å². The number of rotatable bonds is 5. The summed E-state index contributed by atoms with van der Waals surface area (Å²) in [6, 6.07) is 11.1. The molecule has 1 aromatic carbocycles. The molecule has 2 rings (SSSR count). The van der Waals surface area contributed by atoms with Gasteiger partial charge in [0.2, 0.25) is 0 Å². The molecule has 0 aromatic heterocycles. The maximum absolute atomic E-state index is 2.81. The molecule has 1 aliphatic heterocycles. The van der Waals surface area contributed by atoms with E-state index in [1.807, 2.05) is 0 Å². The average molecular weight is 298 g/mol. The van der Waals surface area contributed by atoms with Crippen molar-refractivity contribution in [2.75, 3.05) is 19.3 Å². The van der Waals surface area contributed by atoms with Crippen LogP contribution in [0.3, 0.4) is 0 Å². The van der Waals surface area contributed by atoms with E-state index in [9.17, 15) is 0 Å². The Morgan fingerprint density at radius 3 is 2.10 bits per heavy atom. The molecule has 0 unspecified atom stereocenters. The summed E-state index contributed by atoms with van der Waals surface area (Å²) in [4.78, 5) is 2.69. The third kappa shape index (κ3) is 5.20. The first-order valence-electron chi connectivity index (χ1n) is 7.54. The molecule has 106 valence electrons. The van der Waals surface area contributed by atoms with E-state index in [1.165, 1.54) is 32.1 Å². The van der Waals surface area contributed by atoms with Gasteiger partial charge in [-0.15, -0.1) is 0 Å². The summed E-state index contributed by atoms with van der Waals surface area (Å²) in [5.41, 5.74) is 2.81. The van der Waals surface area contributed by atoms with Crippen molar-refractivity contribution in [1.82, 2.24) is 4.90 Å². The van der Waals surface area contributed by atoms with Gasteiger partial charge in [0.05, 0.1) is 0 Å². The Morgan fingerprint density at radius 1 is 1.00 bits per heavy atom. The van der Waals surface area contributed by atoms with Gasteiger partial charge in [-0.3, -0.25) is 0 Å². The zero-order valence-electron chi connectivity index (χ0n) is 13.9. The molecule has 0 amide bonds. The van der Waals surface area contributed by atoms with Gasteiger partial charge in [0.1, 0.15) is 0 Å². The molecule has 1 aromatic rings. The first kappa shape index (κ1) is 18.3. The van der Waals surface area contributed by atoms with Crippen LogP contribution in [-0.2, 0) is 0 Å². The van der Waals surface area contributed by atoms with Gasteiger partial charge in [-0.25, -0.2) is 0 Å². The quantitative estimate of drug-likeness (QED) is 0.556. The molecule has 0 aliphatic carbocycles. The van der Waals surface area contributed by atoms with Gasteiger partial charge in [0.15, 0.2) is 0 Å². The molecule has 0 N–H and O–H groups in total. The molecule has 1 nitrogen and oxygen atoms in total. The Bertz CT molecular complexity index is 400. The summed E-state index contributed by atoms with van der Waals surface area (Å²) >= 11 is 0. The minimum Gasteiger partial charge on any atom is -0.321 e. The topological polar surface area (TPSA) is 3.24 Å². The number of benzene rings is 1. The molecule has 0 spiro atoms. The van der Waals surface area contributed by atoms with Gasteiger partial charge in [0, 0.05) is 0 Å². The predicted molar refractivity (Wildman–Crippen MR) is 91.0 cm³/mol. The summed E-state index contributed by atoms with van der Waals surface area (Å²) in [5, 5.41) is 1.58. The molecule has 0 bridgehead atoms. The van der Waals surface area contributed by atoms with Crippen LogP contribution in [0.4, 0.5) is 0 Å². The standard InChI is InChI=1S/C16H28NSi2.Li/c1-18(2,14-17-12-8-9-13-17)15-19(3,4)16-10-6-5-7-11-16;/h5-7,10-11,15H,8-9,12-14H2,1-4H3;/q-1;+1. The first-order chi connectivity index (χ1) is 8.89. The van der Waals surface area contributed by atoms with Crippen molar-refractivity contribution >= 4 is 21.3 Å². The largest absolute Gasteiger partial charge is 1.00 e. The number of hydrogen-bond donors (Lipinski definition) is 0. The molecular weight excluding hydrogens is 269 g/mol. The predicted octanol–water partition coefficient (Wildman–Crippen LogP) is 0.232. The van der Waals surface area contributed by atoms with Gasteiger partial charge >= 0.3 is 18.9 Å². The normalized spacial score (nSPS) is 17.0. The number of hydrogen-bond acceptors (Lipinski definition) is 1. The minimum atomic E-state index is -1.38. The second-order valence-corrected chi connectivity index (χ2v) is 16.7. The summed E-state index contributed by atoms with van der Waals surface area (Å²) in [6.07, 6.45) is 4.17. The molecule has 1 aliphatic rings. The van der Waals surface area contributed by atoms with Crippen LogP contribution in [0, 0.1) is 5.67 Å². The smallest absolute Gasteiger partial charge is 0.321 e. The van der Waals surface area contributed by atoms with E-state index in [2.05, 4.69) is 67.1 Å². The molecule has 20 heavy (non-hydrogen) atoms. The van der Waals surface area contributed by atoms with E-state index < -0.39 is 16.1 Å². The summed E-state index contributed by atoms with van der Waals surface area (Å²) in [5.74, 6) is 0. The fraction of sp³-hybridized carbons (Fsp3) is 0.562. The Labute approximate surface area is 139 Å². The van der Waals surface area contributed by atoms with Gasteiger partial charge < -0.3 is 10.6 Å². The molecular formula is C16H28LiNSi2. The SMILES string of the molecule is C[Si](C)([CH-][Si](C)(C)c1ccccc1)CN1CCCC1.[Li+]. The average Bonchev–Trinajstić information content (AvgIpc) is 2.80. The molecule has 0 saturated carbocycles. The van der Waals surface area contributed by atoms with Crippen molar-refractivity contribution in [3.8, 4) is 0 Å². The molecule has 1 saturated heterocycles. The second kappa shape index (κ2) is 7.47. The van der Waals surface area contributed by atoms with E-state index in [0.717, 1.165) is 0 Å². The van der Waals surface area contributed by atoms with E-state index in [4.69, 9.17) is 0 Å². The molecule has 4 heteroatoms. The summed E-state index contributed by atoms with van der Waals surface area (Å²) in [7, 11) is -2.60. The van der Waals surface area contributed by atoms with Gasteiger partial charge in [-0.2, -0.15) is 0 Å². The van der Waals surface area contributed by atoms with Gasteiger partial charge in [-0.1, -0.05) is 77.9 Å². The Kier molecular flexibility index (Phi) is 6.82. The second-order valence-electron chi connectivity index (χ2n) is 7.20. The van der Waals surface area contributed by atoms with E-state index in [0.29, 0.717) is 0 Å². The van der Waals surface area contributed by atoms with Crippen LogP contribution >= 0.6 is 0 Å². The monoisotopic (exact) mass is 297 g/mol. The zero-order valence-corrected chi connectivity index (χ0v) is 15.9. The maximum Gasteiger partial charge on any atom is 1.00 e. The first-order valence-corrected chi connectivity index (χ1v) is 13.9. The Morgan fingerprint density at radius 2 is 1.55 bits per heavy atom. The number of likely N-dealkylation sites (tertiary alicyclic amines) is 1. The zero-order chi connectivity index (χ0) is 13.9. The molecule has 1 fully saturated rings. The van der Waals surface area contributed by atoms with E-state index in [-0.39, 0.29) is 18.9 Å². The van der Waals surface area contributed by atoms with Crippen molar-refractivity contribution in [2.45, 2.75) is 39.0 Å². The van der Waals surface area contributed by atoms with Crippen LogP contribution in [0.2, 0.25) is 26.2 Å². The third-order valence-electron chi connectivity index (χ3n) is 4.10. The van der Waals surface area contributed by atoms with Crippen molar-refractivity contribution in [3.05, 3.63) is 36.0 Å². The Balaban J connectivity index is 0.00000200.